The van der Waals surface area contributed by atoms with Gasteiger partial charge < -0.3 is 11.1 Å². The van der Waals surface area contributed by atoms with Crippen LogP contribution in [0.2, 0.25) is 0 Å². The molecule has 1 heterocycles. The first kappa shape index (κ1) is 9.01. The number of rotatable bonds is 2. The Hall–Kier alpha value is -0.0800. The lowest BCUT2D eigenvalue weighted by molar-refractivity contribution is 0.450. The maximum absolute atomic E-state index is 5.60. The van der Waals surface area contributed by atoms with E-state index in [1.54, 1.807) is 0 Å². The van der Waals surface area contributed by atoms with Crippen molar-refractivity contribution in [1.29, 1.82) is 0 Å². The molecule has 11 heavy (non-hydrogen) atoms. The molecule has 1 saturated heterocycles. The molecule has 0 aliphatic carbocycles. The van der Waals surface area contributed by atoms with Crippen molar-refractivity contribution >= 4 is 0 Å². The van der Waals surface area contributed by atoms with E-state index in [0.717, 1.165) is 12.5 Å². The van der Waals surface area contributed by atoms with Crippen LogP contribution in [0, 0.1) is 5.92 Å². The molecule has 0 aromatic rings. The second-order valence-electron chi connectivity index (χ2n) is 3.53. The molecule has 0 spiro atoms. The highest BCUT2D eigenvalue weighted by atomic mass is 14.9. The van der Waals surface area contributed by atoms with Gasteiger partial charge >= 0.3 is 0 Å². The zero-order valence-corrected chi connectivity index (χ0v) is 7.47. The summed E-state index contributed by atoms with van der Waals surface area (Å²) in [7, 11) is 0. The minimum Gasteiger partial charge on any atom is -0.329 e. The van der Waals surface area contributed by atoms with Gasteiger partial charge in [0.1, 0.15) is 0 Å². The Morgan fingerprint density at radius 1 is 1.36 bits per heavy atom. The molecule has 1 fully saturated rings. The molecule has 2 atom stereocenters. The van der Waals surface area contributed by atoms with Gasteiger partial charge in [0, 0.05) is 12.6 Å². The van der Waals surface area contributed by atoms with Crippen molar-refractivity contribution in [1.82, 2.24) is 5.32 Å². The Bertz CT molecular complexity index is 91.7. The van der Waals surface area contributed by atoms with Crippen LogP contribution < -0.4 is 11.1 Å². The van der Waals surface area contributed by atoms with Crippen molar-refractivity contribution < 1.29 is 0 Å². The fraction of sp³-hybridized carbons (Fsp3) is 1.00. The molecule has 0 saturated carbocycles. The second kappa shape index (κ2) is 4.73. The molecule has 0 aromatic carbocycles. The van der Waals surface area contributed by atoms with Crippen molar-refractivity contribution in [2.24, 2.45) is 11.7 Å². The Morgan fingerprint density at radius 3 is 2.82 bits per heavy atom. The third-order valence-electron chi connectivity index (χ3n) is 2.77. The van der Waals surface area contributed by atoms with Gasteiger partial charge in [-0.1, -0.05) is 13.3 Å². The molecule has 1 aliphatic rings. The number of nitrogens with one attached hydrogen (secondary N) is 1. The highest BCUT2D eigenvalue weighted by Gasteiger charge is 2.15. The summed E-state index contributed by atoms with van der Waals surface area (Å²) in [4.78, 5) is 0. The first-order valence-electron chi connectivity index (χ1n) is 4.80. The molecule has 0 amide bonds. The van der Waals surface area contributed by atoms with Crippen LogP contribution in [0.3, 0.4) is 0 Å². The predicted molar refractivity (Wildman–Crippen MR) is 48.5 cm³/mol. The Morgan fingerprint density at radius 2 is 2.18 bits per heavy atom. The molecule has 3 N–H and O–H groups in total. The highest BCUT2D eigenvalue weighted by Crippen LogP contribution is 2.18. The topological polar surface area (TPSA) is 38.0 Å². The van der Waals surface area contributed by atoms with Crippen LogP contribution in [-0.4, -0.2) is 19.1 Å². The van der Waals surface area contributed by atoms with Gasteiger partial charge in [-0.25, -0.2) is 0 Å². The Labute approximate surface area is 69.5 Å². The van der Waals surface area contributed by atoms with E-state index in [1.807, 2.05) is 0 Å². The van der Waals surface area contributed by atoms with E-state index in [1.165, 1.54) is 32.2 Å². The minimum absolute atomic E-state index is 0.589. The molecule has 0 bridgehead atoms. The summed E-state index contributed by atoms with van der Waals surface area (Å²) in [6, 6.07) is 0.589. The maximum Gasteiger partial charge on any atom is 0.0190 e. The number of hydrogen-bond donors (Lipinski definition) is 2. The van der Waals surface area contributed by atoms with E-state index < -0.39 is 0 Å². The van der Waals surface area contributed by atoms with E-state index in [0.29, 0.717) is 6.04 Å². The summed E-state index contributed by atoms with van der Waals surface area (Å²) in [5.74, 6) is 0.944. The quantitative estimate of drug-likeness (QED) is 0.628. The van der Waals surface area contributed by atoms with Gasteiger partial charge in [-0.2, -0.15) is 0 Å². The Balaban J connectivity index is 2.27. The van der Waals surface area contributed by atoms with Crippen LogP contribution in [0.5, 0.6) is 0 Å². The average molecular weight is 156 g/mol. The lowest BCUT2D eigenvalue weighted by atomic mass is 9.97. The second-order valence-corrected chi connectivity index (χ2v) is 3.53. The predicted octanol–water partition coefficient (Wildman–Crippen LogP) is 1.11. The van der Waals surface area contributed by atoms with Gasteiger partial charge in [-0.05, 0) is 31.7 Å². The summed E-state index contributed by atoms with van der Waals surface area (Å²) in [6.45, 7) is 4.25. The van der Waals surface area contributed by atoms with E-state index in [-0.39, 0.29) is 0 Å². The fourth-order valence-corrected chi connectivity index (χ4v) is 1.78. The van der Waals surface area contributed by atoms with E-state index in [2.05, 4.69) is 12.2 Å². The third kappa shape index (κ3) is 2.80. The van der Waals surface area contributed by atoms with Crippen molar-refractivity contribution in [3.63, 3.8) is 0 Å². The molecule has 66 valence electrons. The van der Waals surface area contributed by atoms with Gasteiger partial charge in [-0.15, -0.1) is 0 Å². The van der Waals surface area contributed by atoms with Crippen LogP contribution in [0.4, 0.5) is 0 Å². The largest absolute Gasteiger partial charge is 0.329 e. The average Bonchev–Trinajstić information content (AvgIpc) is 2.28. The summed E-state index contributed by atoms with van der Waals surface area (Å²) < 4.78 is 0. The first-order chi connectivity index (χ1) is 5.36. The molecule has 1 rings (SSSR count). The highest BCUT2D eigenvalue weighted by molar-refractivity contribution is 4.74. The van der Waals surface area contributed by atoms with Crippen molar-refractivity contribution in [3.05, 3.63) is 0 Å². The van der Waals surface area contributed by atoms with Crippen LogP contribution in [0.15, 0.2) is 0 Å². The molecule has 2 unspecified atom stereocenters. The first-order valence-corrected chi connectivity index (χ1v) is 4.80. The van der Waals surface area contributed by atoms with Crippen molar-refractivity contribution in [2.45, 2.75) is 38.6 Å². The van der Waals surface area contributed by atoms with E-state index in [9.17, 15) is 0 Å². The fourth-order valence-electron chi connectivity index (χ4n) is 1.78. The molecule has 1 aliphatic heterocycles. The zero-order valence-electron chi connectivity index (χ0n) is 7.47. The molecular formula is C9H20N2. The number of nitrogens with two attached hydrogens (primary N) is 1. The minimum atomic E-state index is 0.589. The molecule has 0 radical (unpaired) electrons. The monoisotopic (exact) mass is 156 g/mol. The maximum atomic E-state index is 5.60. The third-order valence-corrected chi connectivity index (χ3v) is 2.77. The van der Waals surface area contributed by atoms with Gasteiger partial charge in [0.05, 0.1) is 0 Å². The molecule has 2 heteroatoms. The van der Waals surface area contributed by atoms with Crippen LogP contribution in [0.1, 0.15) is 32.6 Å². The van der Waals surface area contributed by atoms with Crippen LogP contribution in [-0.2, 0) is 0 Å². The lowest BCUT2D eigenvalue weighted by Gasteiger charge is -2.11. The molecule has 2 nitrogen and oxygen atoms in total. The van der Waals surface area contributed by atoms with E-state index >= 15 is 0 Å². The number of hydrogen-bond acceptors (Lipinski definition) is 2. The standard InChI is InChI=1S/C9H20N2/c1-2-8-3-4-9(7-10)11-6-5-8/h8-9,11H,2-7,10H2,1H3. The van der Waals surface area contributed by atoms with Crippen LogP contribution >= 0.6 is 0 Å². The zero-order chi connectivity index (χ0) is 8.10. The van der Waals surface area contributed by atoms with Gasteiger partial charge in [0.2, 0.25) is 0 Å². The summed E-state index contributed by atoms with van der Waals surface area (Å²) >= 11 is 0. The van der Waals surface area contributed by atoms with Crippen molar-refractivity contribution in [3.8, 4) is 0 Å². The lowest BCUT2D eigenvalue weighted by Crippen LogP contribution is -2.35. The normalized spacial score (nSPS) is 33.3. The smallest absolute Gasteiger partial charge is 0.0190 e. The summed E-state index contributed by atoms with van der Waals surface area (Å²) in [5.41, 5.74) is 5.60. The van der Waals surface area contributed by atoms with Crippen LogP contribution in [0.25, 0.3) is 0 Å². The molecular weight excluding hydrogens is 136 g/mol. The molecule has 0 aromatic heterocycles. The summed E-state index contributed by atoms with van der Waals surface area (Å²) in [5, 5.41) is 3.47. The van der Waals surface area contributed by atoms with Gasteiger partial charge in [0.15, 0.2) is 0 Å². The summed E-state index contributed by atoms with van der Waals surface area (Å²) in [6.07, 6.45) is 5.31. The van der Waals surface area contributed by atoms with E-state index in [4.69, 9.17) is 5.73 Å². The van der Waals surface area contributed by atoms with Gasteiger partial charge in [0.25, 0.3) is 0 Å². The van der Waals surface area contributed by atoms with Crippen molar-refractivity contribution in [2.75, 3.05) is 13.1 Å². The SMILES string of the molecule is CCC1CCNC(CN)CC1. The van der Waals surface area contributed by atoms with Gasteiger partial charge in [-0.3, -0.25) is 0 Å². The Kier molecular flexibility index (Phi) is 3.87.